The van der Waals surface area contributed by atoms with Gasteiger partial charge < -0.3 is 19.5 Å². The van der Waals surface area contributed by atoms with Crippen molar-refractivity contribution in [2.45, 2.75) is 25.2 Å². The molecule has 1 aliphatic rings. The number of phenols is 1. The van der Waals surface area contributed by atoms with Crippen LogP contribution in [0.3, 0.4) is 0 Å². The normalized spacial score (nSPS) is 25.2. The van der Waals surface area contributed by atoms with Crippen molar-refractivity contribution in [1.82, 2.24) is 0 Å². The van der Waals surface area contributed by atoms with Gasteiger partial charge in [-0.1, -0.05) is 23.7 Å². The molecule has 2 aromatic rings. The Morgan fingerprint density at radius 1 is 1.21 bits per heavy atom. The maximum atomic E-state index is 13.3. The lowest BCUT2D eigenvalue weighted by Gasteiger charge is -2.34. The van der Waals surface area contributed by atoms with Gasteiger partial charge in [0.25, 0.3) is 0 Å². The van der Waals surface area contributed by atoms with Crippen LogP contribution in [0.2, 0.25) is 5.02 Å². The van der Waals surface area contributed by atoms with Crippen molar-refractivity contribution < 1.29 is 18.7 Å². The lowest BCUT2D eigenvalue weighted by molar-refractivity contribution is 0.0887. The standard InChI is InChI=1S/C17H19ClNO4P/c1-12-10-11-22-24(21,23-12)17(13-2-8-16(20)9-3-13)19-15-6-4-14(18)5-7-15/h2-9,12,17,19-20H,10-11H2,1H3. The third-order valence-corrected chi connectivity index (χ3v) is 6.30. The van der Waals surface area contributed by atoms with Crippen molar-refractivity contribution in [1.29, 1.82) is 0 Å². The van der Waals surface area contributed by atoms with Crippen molar-refractivity contribution in [3.8, 4) is 5.75 Å². The van der Waals surface area contributed by atoms with E-state index in [0.29, 0.717) is 23.6 Å². The second-order valence-electron chi connectivity index (χ2n) is 5.72. The molecule has 1 saturated heterocycles. The molecule has 1 aliphatic heterocycles. The maximum Gasteiger partial charge on any atom is 0.357 e. The van der Waals surface area contributed by atoms with E-state index in [-0.39, 0.29) is 11.9 Å². The Morgan fingerprint density at radius 2 is 1.88 bits per heavy atom. The highest BCUT2D eigenvalue weighted by Crippen LogP contribution is 2.63. The fraction of sp³-hybridized carbons (Fsp3) is 0.294. The van der Waals surface area contributed by atoms with Gasteiger partial charge in [0.2, 0.25) is 0 Å². The highest BCUT2D eigenvalue weighted by molar-refractivity contribution is 7.54. The zero-order valence-corrected chi connectivity index (χ0v) is 14.8. The lowest BCUT2D eigenvalue weighted by Crippen LogP contribution is -2.23. The van der Waals surface area contributed by atoms with Gasteiger partial charge in [0, 0.05) is 10.7 Å². The van der Waals surface area contributed by atoms with Crippen LogP contribution in [0.5, 0.6) is 5.75 Å². The van der Waals surface area contributed by atoms with Crippen LogP contribution in [0.15, 0.2) is 48.5 Å². The summed E-state index contributed by atoms with van der Waals surface area (Å²) in [7, 11) is -3.42. The lowest BCUT2D eigenvalue weighted by atomic mass is 10.2. The number of hydrogen-bond acceptors (Lipinski definition) is 5. The molecule has 5 nitrogen and oxygen atoms in total. The molecular weight excluding hydrogens is 349 g/mol. The fourth-order valence-electron chi connectivity index (χ4n) is 2.52. The Bertz CT molecular complexity index is 735. The summed E-state index contributed by atoms with van der Waals surface area (Å²) in [5.74, 6) is -0.539. The molecule has 7 heteroatoms. The molecule has 24 heavy (non-hydrogen) atoms. The Morgan fingerprint density at radius 3 is 2.50 bits per heavy atom. The van der Waals surface area contributed by atoms with Crippen LogP contribution < -0.4 is 5.32 Å². The summed E-state index contributed by atoms with van der Waals surface area (Å²) in [6.07, 6.45) is 0.559. The number of hydrogen-bond donors (Lipinski definition) is 2. The van der Waals surface area contributed by atoms with Gasteiger partial charge in [-0.2, -0.15) is 0 Å². The van der Waals surface area contributed by atoms with E-state index in [1.54, 1.807) is 48.5 Å². The highest BCUT2D eigenvalue weighted by atomic mass is 35.5. The largest absolute Gasteiger partial charge is 0.508 e. The summed E-state index contributed by atoms with van der Waals surface area (Å²) in [6.45, 7) is 2.26. The molecule has 3 rings (SSSR count). The molecule has 0 aromatic heterocycles. The number of nitrogens with one attached hydrogen (secondary N) is 1. The third-order valence-electron chi connectivity index (χ3n) is 3.80. The minimum absolute atomic E-state index is 0.140. The van der Waals surface area contributed by atoms with Crippen LogP contribution in [-0.4, -0.2) is 17.8 Å². The van der Waals surface area contributed by atoms with E-state index in [1.165, 1.54) is 0 Å². The molecule has 0 aliphatic carbocycles. The van der Waals surface area contributed by atoms with E-state index >= 15 is 0 Å². The maximum absolute atomic E-state index is 13.3. The quantitative estimate of drug-likeness (QED) is 0.729. The summed E-state index contributed by atoms with van der Waals surface area (Å²) in [4.78, 5) is 0. The van der Waals surface area contributed by atoms with Crippen molar-refractivity contribution >= 4 is 24.9 Å². The number of rotatable bonds is 4. The van der Waals surface area contributed by atoms with E-state index < -0.39 is 13.4 Å². The monoisotopic (exact) mass is 367 g/mol. The van der Waals surface area contributed by atoms with E-state index in [9.17, 15) is 9.67 Å². The Labute approximate surface area is 146 Å². The van der Waals surface area contributed by atoms with E-state index in [1.807, 2.05) is 6.92 Å². The highest BCUT2D eigenvalue weighted by Gasteiger charge is 2.41. The molecule has 1 fully saturated rings. The minimum Gasteiger partial charge on any atom is -0.508 e. The Balaban J connectivity index is 1.95. The number of phenolic OH excluding ortho intramolecular Hbond substituents is 1. The predicted octanol–water partition coefficient (Wildman–Crippen LogP) is 5.17. The van der Waals surface area contributed by atoms with Crippen LogP contribution in [-0.2, 0) is 13.6 Å². The molecule has 0 spiro atoms. The van der Waals surface area contributed by atoms with Gasteiger partial charge in [-0.15, -0.1) is 0 Å². The molecule has 2 N–H and O–H groups in total. The first kappa shape index (κ1) is 17.3. The van der Waals surface area contributed by atoms with Crippen LogP contribution in [0.1, 0.15) is 24.7 Å². The topological polar surface area (TPSA) is 67.8 Å². The number of halogens is 1. The molecule has 0 bridgehead atoms. The second kappa shape index (κ2) is 7.16. The first-order valence-electron chi connectivity index (χ1n) is 7.70. The molecule has 3 unspecified atom stereocenters. The van der Waals surface area contributed by atoms with Crippen LogP contribution in [0, 0.1) is 0 Å². The van der Waals surface area contributed by atoms with Crippen LogP contribution in [0.25, 0.3) is 0 Å². The molecule has 0 amide bonds. The molecule has 0 radical (unpaired) electrons. The number of aromatic hydroxyl groups is 1. The number of anilines is 1. The summed E-state index contributed by atoms with van der Waals surface area (Å²) in [5.41, 5.74) is 1.46. The van der Waals surface area contributed by atoms with Crippen molar-refractivity contribution in [2.75, 3.05) is 11.9 Å². The first-order chi connectivity index (χ1) is 11.5. The summed E-state index contributed by atoms with van der Waals surface area (Å²) in [5, 5.41) is 13.3. The van der Waals surface area contributed by atoms with Crippen molar-refractivity contribution in [2.24, 2.45) is 0 Å². The van der Waals surface area contributed by atoms with Gasteiger partial charge in [-0.25, -0.2) is 0 Å². The van der Waals surface area contributed by atoms with Crippen LogP contribution in [0.4, 0.5) is 5.69 Å². The van der Waals surface area contributed by atoms with E-state index in [0.717, 1.165) is 5.69 Å². The van der Waals surface area contributed by atoms with Gasteiger partial charge in [-0.3, -0.25) is 4.57 Å². The number of benzene rings is 2. The van der Waals surface area contributed by atoms with Gasteiger partial charge in [0.15, 0.2) is 5.78 Å². The molecule has 2 aromatic carbocycles. The van der Waals surface area contributed by atoms with Gasteiger partial charge >= 0.3 is 7.60 Å². The molecule has 1 heterocycles. The Hall–Kier alpha value is -1.52. The average Bonchev–Trinajstić information content (AvgIpc) is 2.55. The van der Waals surface area contributed by atoms with Crippen molar-refractivity contribution in [3.05, 3.63) is 59.1 Å². The molecule has 3 atom stereocenters. The van der Waals surface area contributed by atoms with E-state index in [2.05, 4.69) is 5.32 Å². The fourth-order valence-corrected chi connectivity index (χ4v) is 4.79. The first-order valence-corrected chi connectivity index (χ1v) is 9.69. The average molecular weight is 368 g/mol. The van der Waals surface area contributed by atoms with Gasteiger partial charge in [-0.05, 0) is 55.3 Å². The predicted molar refractivity (Wildman–Crippen MR) is 94.6 cm³/mol. The smallest absolute Gasteiger partial charge is 0.357 e. The Kier molecular flexibility index (Phi) is 5.16. The SMILES string of the molecule is CC1CCOP(=O)(C(Nc2ccc(Cl)cc2)c2ccc(O)cc2)O1. The van der Waals surface area contributed by atoms with Gasteiger partial charge in [0.1, 0.15) is 5.75 Å². The second-order valence-corrected chi connectivity index (χ2v) is 8.22. The van der Waals surface area contributed by atoms with Crippen LogP contribution >= 0.6 is 19.2 Å². The third kappa shape index (κ3) is 3.93. The summed E-state index contributed by atoms with van der Waals surface area (Å²) >= 11 is 5.92. The van der Waals surface area contributed by atoms with Crippen molar-refractivity contribution in [3.63, 3.8) is 0 Å². The van der Waals surface area contributed by atoms with E-state index in [4.69, 9.17) is 20.6 Å². The minimum atomic E-state index is -3.42. The summed E-state index contributed by atoms with van der Waals surface area (Å²) in [6, 6.07) is 13.6. The molecule has 0 saturated carbocycles. The summed E-state index contributed by atoms with van der Waals surface area (Å²) < 4.78 is 24.6. The zero-order valence-electron chi connectivity index (χ0n) is 13.2. The van der Waals surface area contributed by atoms with Gasteiger partial charge in [0.05, 0.1) is 12.7 Å². The zero-order chi connectivity index (χ0) is 17.2. The molecule has 128 valence electrons. The molecular formula is C17H19ClNO4P.